The molecule has 156 valence electrons. The minimum Gasteiger partial charge on any atom is -0.356 e. The van der Waals surface area contributed by atoms with Gasteiger partial charge in [0.05, 0.1) is 17.1 Å². The molecule has 7 nitrogen and oxygen atoms in total. The van der Waals surface area contributed by atoms with Crippen LogP contribution < -0.4 is 15.1 Å². The highest BCUT2D eigenvalue weighted by Crippen LogP contribution is 2.40. The van der Waals surface area contributed by atoms with E-state index in [4.69, 9.17) is 0 Å². The van der Waals surface area contributed by atoms with Crippen molar-refractivity contribution < 1.29 is 4.79 Å². The average molecular weight is 449 g/mol. The van der Waals surface area contributed by atoms with Gasteiger partial charge in [-0.25, -0.2) is 0 Å². The molecule has 9 heteroatoms. The summed E-state index contributed by atoms with van der Waals surface area (Å²) in [6.07, 6.45) is 0. The zero-order chi connectivity index (χ0) is 21.8. The number of hydrogen-bond acceptors (Lipinski definition) is 9. The molecule has 0 saturated carbocycles. The van der Waals surface area contributed by atoms with E-state index in [9.17, 15) is 10.1 Å². The van der Waals surface area contributed by atoms with E-state index >= 15 is 0 Å². The number of thioether (sulfide) groups is 1. The Morgan fingerprint density at radius 1 is 1.06 bits per heavy atom. The van der Waals surface area contributed by atoms with Gasteiger partial charge in [-0.05, 0) is 17.7 Å². The first-order valence-corrected chi connectivity index (χ1v) is 11.4. The number of nitriles is 1. The summed E-state index contributed by atoms with van der Waals surface area (Å²) in [5.41, 5.74) is 3.22. The topological polar surface area (TPSA) is 85.1 Å². The summed E-state index contributed by atoms with van der Waals surface area (Å²) in [7, 11) is 3.73. The van der Waals surface area contributed by atoms with Crippen LogP contribution >= 0.6 is 23.1 Å². The van der Waals surface area contributed by atoms with Crippen molar-refractivity contribution in [3.05, 3.63) is 71.6 Å². The SMILES string of the molecule is CN1C(=C(C#N)C(=O)CSc2nnc(NCc3ccccc3)s2)N(C)c2ccccc21. The molecule has 1 aliphatic heterocycles. The lowest BCUT2D eigenvalue weighted by Crippen LogP contribution is -2.26. The van der Waals surface area contributed by atoms with Gasteiger partial charge in [-0.1, -0.05) is 65.6 Å². The van der Waals surface area contributed by atoms with Gasteiger partial charge in [0.15, 0.2) is 10.1 Å². The fourth-order valence-electron chi connectivity index (χ4n) is 3.37. The number of nitrogens with zero attached hydrogens (tertiary/aromatic N) is 5. The molecule has 4 rings (SSSR count). The highest BCUT2D eigenvalue weighted by Gasteiger charge is 2.31. The quantitative estimate of drug-likeness (QED) is 0.328. The number of hydrogen-bond donors (Lipinski definition) is 1. The molecule has 0 radical (unpaired) electrons. The highest BCUT2D eigenvalue weighted by atomic mass is 32.2. The Labute approximate surface area is 189 Å². The molecule has 0 unspecified atom stereocenters. The van der Waals surface area contributed by atoms with Gasteiger partial charge in [0.25, 0.3) is 0 Å². The van der Waals surface area contributed by atoms with Crippen LogP contribution in [0.2, 0.25) is 0 Å². The summed E-state index contributed by atoms with van der Waals surface area (Å²) < 4.78 is 0.683. The van der Waals surface area contributed by atoms with Crippen LogP contribution in [-0.4, -0.2) is 35.8 Å². The number of allylic oxidation sites excluding steroid dienone is 1. The third-order valence-corrected chi connectivity index (χ3v) is 6.89. The summed E-state index contributed by atoms with van der Waals surface area (Å²) in [5.74, 6) is 0.484. The molecular formula is C22H20N6OS2. The van der Waals surface area contributed by atoms with Crippen molar-refractivity contribution in [1.82, 2.24) is 10.2 Å². The second-order valence-corrected chi connectivity index (χ2v) is 9.04. The largest absolute Gasteiger partial charge is 0.356 e. The zero-order valence-corrected chi connectivity index (χ0v) is 18.7. The standard InChI is InChI=1S/C22H20N6OS2/c1-27-17-10-6-7-11-18(17)28(2)20(27)16(12-23)19(29)14-30-22-26-25-21(31-22)24-13-15-8-4-3-5-9-15/h3-11H,13-14H2,1-2H3,(H,24,25). The molecule has 1 N–H and O–H groups in total. The van der Waals surface area contributed by atoms with Crippen LogP contribution in [0.5, 0.6) is 0 Å². The Hall–Kier alpha value is -3.35. The fraction of sp³-hybridized carbons (Fsp3) is 0.182. The zero-order valence-electron chi connectivity index (χ0n) is 17.1. The van der Waals surface area contributed by atoms with Gasteiger partial charge in [0.1, 0.15) is 17.5 Å². The summed E-state index contributed by atoms with van der Waals surface area (Å²) >= 11 is 2.69. The van der Waals surface area contributed by atoms with E-state index in [2.05, 4.69) is 21.6 Å². The van der Waals surface area contributed by atoms with Crippen molar-refractivity contribution >= 4 is 45.4 Å². The molecule has 0 atom stereocenters. The molecule has 0 amide bonds. The first-order valence-electron chi connectivity index (χ1n) is 9.56. The molecule has 0 fully saturated rings. The van der Waals surface area contributed by atoms with Crippen LogP contribution in [-0.2, 0) is 11.3 Å². The Morgan fingerprint density at radius 3 is 2.35 bits per heavy atom. The Kier molecular flexibility index (Phi) is 6.21. The number of fused-ring (bicyclic) bond motifs is 1. The van der Waals surface area contributed by atoms with Crippen molar-refractivity contribution in [3.8, 4) is 6.07 Å². The molecule has 2 heterocycles. The van der Waals surface area contributed by atoms with Gasteiger partial charge in [-0.3, -0.25) is 4.79 Å². The van der Waals surface area contributed by atoms with Crippen LogP contribution in [0.4, 0.5) is 16.5 Å². The molecule has 2 aromatic carbocycles. The van der Waals surface area contributed by atoms with Crippen LogP contribution in [0.15, 0.2) is 70.3 Å². The number of carbonyl (C=O) groups is 1. The molecule has 0 saturated heterocycles. The predicted octanol–water partition coefficient (Wildman–Crippen LogP) is 4.13. The van der Waals surface area contributed by atoms with E-state index in [1.54, 1.807) is 0 Å². The van der Waals surface area contributed by atoms with E-state index in [0.29, 0.717) is 21.8 Å². The lowest BCUT2D eigenvalue weighted by atomic mass is 10.2. The van der Waals surface area contributed by atoms with Gasteiger partial charge in [0.2, 0.25) is 5.13 Å². The monoisotopic (exact) mass is 448 g/mol. The Morgan fingerprint density at radius 2 is 1.71 bits per heavy atom. The number of carbonyl (C=O) groups excluding carboxylic acids is 1. The molecule has 0 spiro atoms. The lowest BCUT2D eigenvalue weighted by molar-refractivity contribution is -0.112. The van der Waals surface area contributed by atoms with E-state index in [1.165, 1.54) is 23.1 Å². The van der Waals surface area contributed by atoms with Gasteiger partial charge in [-0.15, -0.1) is 10.2 Å². The number of benzene rings is 2. The minimum absolute atomic E-state index is 0.123. The third kappa shape index (κ3) is 4.40. The number of nitrogens with one attached hydrogen (secondary N) is 1. The van der Waals surface area contributed by atoms with E-state index in [-0.39, 0.29) is 17.1 Å². The normalized spacial score (nSPS) is 12.5. The van der Waals surface area contributed by atoms with Crippen molar-refractivity contribution in [1.29, 1.82) is 5.26 Å². The first-order chi connectivity index (χ1) is 15.1. The van der Waals surface area contributed by atoms with Crippen LogP contribution in [0.3, 0.4) is 0 Å². The Balaban J connectivity index is 1.41. The maximum atomic E-state index is 12.9. The maximum Gasteiger partial charge on any atom is 0.206 e. The number of Topliss-reactive ketones (excluding diaryl/α,β-unsaturated/α-hetero) is 1. The molecule has 0 bridgehead atoms. The fourth-order valence-corrected chi connectivity index (χ4v) is 4.99. The number of anilines is 3. The van der Waals surface area contributed by atoms with Crippen LogP contribution in [0.1, 0.15) is 5.56 Å². The summed E-state index contributed by atoms with van der Waals surface area (Å²) in [5, 5.41) is 21.9. The van der Waals surface area contributed by atoms with Crippen molar-refractivity contribution in [2.75, 3.05) is 35.0 Å². The molecule has 1 aromatic heterocycles. The maximum absolute atomic E-state index is 12.9. The first kappa shape index (κ1) is 20.9. The minimum atomic E-state index is -0.233. The van der Waals surface area contributed by atoms with Gasteiger partial charge in [0, 0.05) is 20.6 Å². The lowest BCUT2D eigenvalue weighted by Gasteiger charge is -2.19. The molecule has 0 aliphatic carbocycles. The summed E-state index contributed by atoms with van der Waals surface area (Å²) in [6, 6.07) is 20.0. The van der Waals surface area contributed by atoms with Crippen molar-refractivity contribution in [2.45, 2.75) is 10.9 Å². The van der Waals surface area contributed by atoms with Crippen molar-refractivity contribution in [2.24, 2.45) is 0 Å². The van der Waals surface area contributed by atoms with E-state index < -0.39 is 0 Å². The van der Waals surface area contributed by atoms with E-state index in [1.807, 2.05) is 78.5 Å². The number of ketones is 1. The second-order valence-electron chi connectivity index (χ2n) is 6.84. The smallest absolute Gasteiger partial charge is 0.206 e. The molecule has 31 heavy (non-hydrogen) atoms. The second kappa shape index (κ2) is 9.20. The molecule has 1 aliphatic rings. The van der Waals surface area contributed by atoms with Crippen LogP contribution in [0, 0.1) is 11.3 Å². The van der Waals surface area contributed by atoms with Crippen molar-refractivity contribution in [3.63, 3.8) is 0 Å². The predicted molar refractivity (Wildman–Crippen MR) is 125 cm³/mol. The van der Waals surface area contributed by atoms with Gasteiger partial charge < -0.3 is 15.1 Å². The number of aromatic nitrogens is 2. The summed E-state index contributed by atoms with van der Waals surface area (Å²) in [6.45, 7) is 0.656. The highest BCUT2D eigenvalue weighted by molar-refractivity contribution is 8.01. The summed E-state index contributed by atoms with van der Waals surface area (Å²) in [4.78, 5) is 16.6. The van der Waals surface area contributed by atoms with Gasteiger partial charge in [-0.2, -0.15) is 5.26 Å². The molecular weight excluding hydrogens is 428 g/mol. The van der Waals surface area contributed by atoms with Crippen LogP contribution in [0.25, 0.3) is 0 Å². The Bertz CT molecular complexity index is 1140. The average Bonchev–Trinajstić information content (AvgIpc) is 3.36. The number of rotatable bonds is 7. The number of para-hydroxylation sites is 2. The van der Waals surface area contributed by atoms with E-state index in [0.717, 1.165) is 16.9 Å². The molecule has 3 aromatic rings. The van der Waals surface area contributed by atoms with Gasteiger partial charge >= 0.3 is 0 Å². The third-order valence-electron chi connectivity index (χ3n) is 4.87.